The lowest BCUT2D eigenvalue weighted by atomic mass is 9.79. The monoisotopic (exact) mass is 359 g/mol. The number of fused-ring (bicyclic) bond motifs is 3. The Bertz CT molecular complexity index is 796. The molecule has 132 valence electrons. The van der Waals surface area contributed by atoms with E-state index in [0.717, 1.165) is 42.1 Å². The highest BCUT2D eigenvalue weighted by Crippen LogP contribution is 2.33. The Hall–Kier alpha value is -1.79. The third-order valence-electron chi connectivity index (χ3n) is 5.55. The number of aryl methyl sites for hydroxylation is 1. The molecule has 3 aliphatic rings. The minimum Gasteiger partial charge on any atom is -0.345 e. The molecule has 2 atom stereocenters. The first-order valence-electron chi connectivity index (χ1n) is 8.81. The molecule has 1 amide bonds. The van der Waals surface area contributed by atoms with Gasteiger partial charge in [-0.3, -0.25) is 9.69 Å². The predicted octanol–water partition coefficient (Wildman–Crippen LogP) is 3.47. The van der Waals surface area contributed by atoms with Crippen LogP contribution >= 0.6 is 11.3 Å². The van der Waals surface area contributed by atoms with Crippen LogP contribution in [0.5, 0.6) is 0 Å². The number of halogens is 1. The van der Waals surface area contributed by atoms with E-state index in [1.807, 2.05) is 13.0 Å². The van der Waals surface area contributed by atoms with Gasteiger partial charge in [0.15, 0.2) is 5.01 Å². The lowest BCUT2D eigenvalue weighted by Crippen LogP contribution is -2.62. The van der Waals surface area contributed by atoms with Crippen LogP contribution in [0.1, 0.15) is 35.3 Å². The van der Waals surface area contributed by atoms with Crippen LogP contribution in [0.25, 0.3) is 10.4 Å². The molecule has 3 fully saturated rings. The van der Waals surface area contributed by atoms with Gasteiger partial charge in [0, 0.05) is 12.1 Å². The maximum atomic E-state index is 13.5. The molecule has 0 aliphatic carbocycles. The van der Waals surface area contributed by atoms with Gasteiger partial charge in [-0.15, -0.1) is 11.3 Å². The van der Waals surface area contributed by atoms with Crippen LogP contribution in [0.2, 0.25) is 0 Å². The maximum absolute atomic E-state index is 13.5. The number of aromatic nitrogens is 1. The molecule has 0 spiro atoms. The summed E-state index contributed by atoms with van der Waals surface area (Å²) in [6.07, 6.45) is 2.31. The summed E-state index contributed by atoms with van der Waals surface area (Å²) < 4.78 is 13.5. The Balaban J connectivity index is 1.54. The fourth-order valence-electron chi connectivity index (χ4n) is 4.15. The van der Waals surface area contributed by atoms with Crippen molar-refractivity contribution in [1.82, 2.24) is 15.2 Å². The van der Waals surface area contributed by atoms with Gasteiger partial charge in [0.1, 0.15) is 5.82 Å². The van der Waals surface area contributed by atoms with Crippen LogP contribution in [0.3, 0.4) is 0 Å². The van der Waals surface area contributed by atoms with E-state index < -0.39 is 0 Å². The fourth-order valence-corrected chi connectivity index (χ4v) is 5.12. The van der Waals surface area contributed by atoms with Crippen LogP contribution < -0.4 is 5.32 Å². The van der Waals surface area contributed by atoms with E-state index in [4.69, 9.17) is 0 Å². The van der Waals surface area contributed by atoms with Crippen molar-refractivity contribution >= 4 is 17.2 Å². The molecule has 4 nitrogen and oxygen atoms in total. The lowest BCUT2D eigenvalue weighted by Gasteiger charge is -2.49. The second-order valence-electron chi connectivity index (χ2n) is 7.06. The highest BCUT2D eigenvalue weighted by molar-refractivity contribution is 7.17. The van der Waals surface area contributed by atoms with E-state index in [-0.39, 0.29) is 17.8 Å². The van der Waals surface area contributed by atoms with Crippen LogP contribution in [0.15, 0.2) is 24.3 Å². The summed E-state index contributed by atoms with van der Waals surface area (Å²) >= 11 is 1.34. The summed E-state index contributed by atoms with van der Waals surface area (Å²) in [5.41, 5.74) is 1.54. The average molecular weight is 359 g/mol. The summed E-state index contributed by atoms with van der Waals surface area (Å²) in [5, 5.41) is 3.67. The topological polar surface area (TPSA) is 45.2 Å². The van der Waals surface area contributed by atoms with E-state index in [1.165, 1.54) is 23.5 Å². The zero-order chi connectivity index (χ0) is 17.6. The van der Waals surface area contributed by atoms with Crippen molar-refractivity contribution in [1.29, 1.82) is 0 Å². The minimum atomic E-state index is -0.280. The van der Waals surface area contributed by atoms with Crippen molar-refractivity contribution in [3.05, 3.63) is 40.8 Å². The van der Waals surface area contributed by atoms with Crippen LogP contribution in [-0.2, 0) is 0 Å². The molecule has 5 rings (SSSR count). The molecule has 1 N–H and O–H groups in total. The van der Waals surface area contributed by atoms with E-state index >= 15 is 0 Å². The number of nitrogens with one attached hydrogen (secondary N) is 1. The van der Waals surface area contributed by atoms with E-state index in [1.54, 1.807) is 6.07 Å². The molecule has 0 saturated carbocycles. The number of nitrogens with zero attached hydrogens (tertiary/aromatic N) is 2. The molecule has 3 saturated heterocycles. The van der Waals surface area contributed by atoms with Crippen LogP contribution in [0.4, 0.5) is 4.39 Å². The average Bonchev–Trinajstić information content (AvgIpc) is 3.00. The van der Waals surface area contributed by atoms with Crippen molar-refractivity contribution < 1.29 is 9.18 Å². The zero-order valence-electron chi connectivity index (χ0n) is 14.5. The summed E-state index contributed by atoms with van der Waals surface area (Å²) in [6, 6.07) is 7.00. The van der Waals surface area contributed by atoms with E-state index in [0.29, 0.717) is 17.0 Å². The van der Waals surface area contributed by atoms with Crippen molar-refractivity contribution in [2.45, 2.75) is 38.8 Å². The van der Waals surface area contributed by atoms with Gasteiger partial charge in [-0.1, -0.05) is 12.1 Å². The fraction of sp³-hybridized carbons (Fsp3) is 0.474. The maximum Gasteiger partial charge on any atom is 0.280 e. The van der Waals surface area contributed by atoms with Crippen molar-refractivity contribution in [2.24, 2.45) is 5.92 Å². The summed E-state index contributed by atoms with van der Waals surface area (Å²) in [5.74, 6) is 0.173. The third-order valence-corrected chi connectivity index (χ3v) is 6.76. The normalized spacial score (nSPS) is 28.1. The second-order valence-corrected chi connectivity index (χ2v) is 8.06. The Morgan fingerprint density at radius 1 is 1.36 bits per heavy atom. The number of carbonyl (C=O) groups is 1. The van der Waals surface area contributed by atoms with Gasteiger partial charge < -0.3 is 5.32 Å². The van der Waals surface area contributed by atoms with E-state index in [2.05, 4.69) is 22.1 Å². The molecule has 3 aliphatic heterocycles. The van der Waals surface area contributed by atoms with Gasteiger partial charge in [0.05, 0.1) is 10.6 Å². The first-order chi connectivity index (χ1) is 12.0. The number of thiazole rings is 1. The smallest absolute Gasteiger partial charge is 0.280 e. The molecule has 25 heavy (non-hydrogen) atoms. The molecule has 2 unspecified atom stereocenters. The van der Waals surface area contributed by atoms with Gasteiger partial charge >= 0.3 is 0 Å². The van der Waals surface area contributed by atoms with Crippen molar-refractivity contribution in [3.8, 4) is 10.4 Å². The summed E-state index contributed by atoms with van der Waals surface area (Å²) in [6.45, 7) is 6.34. The molecule has 2 aromatic rings. The molecular weight excluding hydrogens is 337 g/mol. The quantitative estimate of drug-likeness (QED) is 0.913. The zero-order valence-corrected chi connectivity index (χ0v) is 15.3. The number of benzene rings is 1. The van der Waals surface area contributed by atoms with Crippen molar-refractivity contribution in [2.75, 3.05) is 13.1 Å². The van der Waals surface area contributed by atoms with Crippen molar-refractivity contribution in [3.63, 3.8) is 0 Å². The highest BCUT2D eigenvalue weighted by Gasteiger charge is 2.40. The SMILES string of the molecule is Cc1nc(C(=O)NC2C3CCN(CC3)C2C)sc1-c1cccc(F)c1. The van der Waals surface area contributed by atoms with Crippen LogP contribution in [-0.4, -0.2) is 41.0 Å². The van der Waals surface area contributed by atoms with Gasteiger partial charge in [-0.2, -0.15) is 0 Å². The number of piperidine rings is 3. The van der Waals surface area contributed by atoms with Gasteiger partial charge in [0.2, 0.25) is 0 Å². The Kier molecular flexibility index (Phi) is 4.33. The third kappa shape index (κ3) is 3.09. The van der Waals surface area contributed by atoms with Crippen LogP contribution in [0, 0.1) is 18.7 Å². The minimum absolute atomic E-state index is 0.110. The number of hydrogen-bond donors (Lipinski definition) is 1. The molecule has 6 heteroatoms. The number of amides is 1. The molecule has 1 aromatic carbocycles. The number of rotatable bonds is 3. The molecular formula is C19H22FN3OS. The molecule has 2 bridgehead atoms. The highest BCUT2D eigenvalue weighted by atomic mass is 32.1. The largest absolute Gasteiger partial charge is 0.345 e. The Labute approximate surface area is 151 Å². The molecule has 1 aromatic heterocycles. The van der Waals surface area contributed by atoms with Gasteiger partial charge in [-0.05, 0) is 63.4 Å². The van der Waals surface area contributed by atoms with Gasteiger partial charge in [0.25, 0.3) is 5.91 Å². The number of carbonyl (C=O) groups excluding carboxylic acids is 1. The Morgan fingerprint density at radius 3 is 2.80 bits per heavy atom. The first-order valence-corrected chi connectivity index (χ1v) is 9.63. The summed E-state index contributed by atoms with van der Waals surface area (Å²) in [7, 11) is 0. The Morgan fingerprint density at radius 2 is 2.12 bits per heavy atom. The molecule has 4 heterocycles. The molecule has 0 radical (unpaired) electrons. The van der Waals surface area contributed by atoms with Gasteiger partial charge in [-0.25, -0.2) is 9.37 Å². The second kappa shape index (κ2) is 6.50. The predicted molar refractivity (Wildman–Crippen MR) is 97.3 cm³/mol. The lowest BCUT2D eigenvalue weighted by molar-refractivity contribution is 0.0217. The standard InChI is InChI=1S/C19H22FN3OS/c1-11-17(14-4-3-5-15(20)10-14)25-19(21-11)18(24)22-16-12(2)23-8-6-13(16)7-9-23/h3-5,10,12-13,16H,6-9H2,1-2H3,(H,22,24). The summed E-state index contributed by atoms with van der Waals surface area (Å²) in [4.78, 5) is 20.5. The first kappa shape index (κ1) is 16.7. The number of hydrogen-bond acceptors (Lipinski definition) is 4. The van der Waals surface area contributed by atoms with E-state index in [9.17, 15) is 9.18 Å².